The number of nitrogens with zero attached hydrogens (tertiary/aromatic N) is 4. The van der Waals surface area contributed by atoms with Gasteiger partial charge in [-0.1, -0.05) is 103 Å². The highest BCUT2D eigenvalue weighted by atomic mass is 16.5. The van der Waals surface area contributed by atoms with Crippen molar-refractivity contribution in [2.45, 2.75) is 49.9 Å². The van der Waals surface area contributed by atoms with Crippen LogP contribution in [0, 0.1) is 11.8 Å². The van der Waals surface area contributed by atoms with Crippen molar-refractivity contribution in [1.82, 2.24) is 40.4 Å². The fourth-order valence-electron chi connectivity index (χ4n) is 8.13. The number of aromatic amines is 2. The molecule has 2 aliphatic rings. The first-order chi connectivity index (χ1) is 30.3. The van der Waals surface area contributed by atoms with Gasteiger partial charge in [0.15, 0.2) is 0 Å². The third-order valence-corrected chi connectivity index (χ3v) is 11.3. The second-order valence-corrected chi connectivity index (χ2v) is 15.1. The van der Waals surface area contributed by atoms with Crippen molar-refractivity contribution in [3.63, 3.8) is 0 Å². The minimum absolute atomic E-state index is 0.217. The van der Waals surface area contributed by atoms with Gasteiger partial charge in [0.25, 0.3) is 11.8 Å². The quantitative estimate of drug-likeness (QED) is 0.103. The minimum atomic E-state index is -0.892. The molecule has 8 rings (SSSR count). The van der Waals surface area contributed by atoms with Crippen LogP contribution in [0.15, 0.2) is 122 Å². The third kappa shape index (κ3) is 9.07. The molecule has 4 N–H and O–H groups in total. The Hall–Kier alpha value is -7.66. The number of amides is 4. The smallest absolute Gasteiger partial charge is 0.407 e. The fraction of sp³-hybridized carbons (Fsp3) is 0.250. The van der Waals surface area contributed by atoms with E-state index in [2.05, 4.69) is 49.6 Å². The van der Waals surface area contributed by atoms with E-state index in [0.717, 1.165) is 53.6 Å². The summed E-state index contributed by atoms with van der Waals surface area (Å²) < 4.78 is 9.63. The van der Waals surface area contributed by atoms with Crippen LogP contribution < -0.4 is 10.6 Å². The maximum Gasteiger partial charge on any atom is 0.407 e. The Morgan fingerprint density at radius 1 is 0.613 bits per heavy atom. The van der Waals surface area contributed by atoms with E-state index in [4.69, 9.17) is 14.5 Å². The summed E-state index contributed by atoms with van der Waals surface area (Å²) in [5.74, 6) is 7.28. The first kappa shape index (κ1) is 41.1. The Morgan fingerprint density at radius 2 is 1.08 bits per heavy atom. The van der Waals surface area contributed by atoms with Crippen LogP contribution in [0.4, 0.5) is 9.59 Å². The molecule has 0 radical (unpaired) electrons. The van der Waals surface area contributed by atoms with Gasteiger partial charge in [0.1, 0.15) is 29.4 Å². The zero-order chi connectivity index (χ0) is 43.0. The largest absolute Gasteiger partial charge is 0.453 e. The van der Waals surface area contributed by atoms with Gasteiger partial charge in [-0.2, -0.15) is 0 Å². The minimum Gasteiger partial charge on any atom is -0.453 e. The lowest BCUT2D eigenvalue weighted by Gasteiger charge is -2.28. The molecule has 14 heteroatoms. The second kappa shape index (κ2) is 18.7. The number of H-pyrrole nitrogens is 2. The fourth-order valence-corrected chi connectivity index (χ4v) is 8.13. The summed E-state index contributed by atoms with van der Waals surface area (Å²) in [6.07, 6.45) is 5.21. The van der Waals surface area contributed by atoms with Crippen molar-refractivity contribution in [3.05, 3.63) is 156 Å². The molecule has 2 fully saturated rings. The lowest BCUT2D eigenvalue weighted by molar-refractivity contribution is -0.135. The van der Waals surface area contributed by atoms with Gasteiger partial charge in [-0.15, -0.1) is 0 Å². The van der Waals surface area contributed by atoms with Gasteiger partial charge in [0.05, 0.1) is 44.4 Å². The molecule has 0 saturated carbocycles. The van der Waals surface area contributed by atoms with Gasteiger partial charge in [-0.25, -0.2) is 19.6 Å². The normalized spacial score (nSPS) is 16.7. The number of carbonyl (C=O) groups is 4. The first-order valence-corrected chi connectivity index (χ1v) is 20.5. The Bertz CT molecular complexity index is 2580. The number of nitrogens with one attached hydrogen (secondary N) is 4. The molecule has 4 atom stereocenters. The molecule has 14 nitrogen and oxygen atoms in total. The number of benzene rings is 4. The molecule has 2 aromatic heterocycles. The molecule has 2 saturated heterocycles. The maximum atomic E-state index is 13.9. The van der Waals surface area contributed by atoms with Crippen molar-refractivity contribution in [3.8, 4) is 34.2 Å². The first-order valence-electron chi connectivity index (χ1n) is 20.5. The van der Waals surface area contributed by atoms with E-state index < -0.39 is 24.3 Å². The molecule has 2 aliphatic heterocycles. The van der Waals surface area contributed by atoms with Crippen LogP contribution >= 0.6 is 0 Å². The van der Waals surface area contributed by atoms with Crippen LogP contribution in [0.25, 0.3) is 22.4 Å². The lowest BCUT2D eigenvalue weighted by atomic mass is 10.0. The van der Waals surface area contributed by atoms with Gasteiger partial charge in [0.2, 0.25) is 0 Å². The van der Waals surface area contributed by atoms with Gasteiger partial charge < -0.3 is 39.9 Å². The highest BCUT2D eigenvalue weighted by Gasteiger charge is 2.38. The summed E-state index contributed by atoms with van der Waals surface area (Å²) >= 11 is 0. The van der Waals surface area contributed by atoms with Crippen molar-refractivity contribution >= 4 is 24.0 Å². The average Bonchev–Trinajstić information content (AvgIpc) is 4.17. The van der Waals surface area contributed by atoms with Crippen LogP contribution in [-0.4, -0.2) is 81.0 Å². The van der Waals surface area contributed by atoms with Crippen LogP contribution in [0.1, 0.15) is 83.9 Å². The van der Waals surface area contributed by atoms with E-state index in [0.29, 0.717) is 41.6 Å². The molecule has 0 bridgehead atoms. The van der Waals surface area contributed by atoms with Crippen molar-refractivity contribution in [1.29, 1.82) is 0 Å². The molecule has 314 valence electrons. The molecular formula is C48H46N8O6. The summed E-state index contributed by atoms with van der Waals surface area (Å²) in [5, 5.41) is 5.40. The average molecular weight is 831 g/mol. The summed E-state index contributed by atoms with van der Waals surface area (Å²) in [5.41, 5.74) is 6.67. The molecule has 4 aromatic carbocycles. The van der Waals surface area contributed by atoms with E-state index >= 15 is 0 Å². The standard InChI is InChI=1S/C48H46N8O6/c1-61-47(59)53-41(35-11-5-3-6-12-35)45(57)55-27-9-15-39(55)43-49-29-37(51-43)26-19-31-17-20-32(21-18-31)33-22-24-34(25-23-33)38-30-50-44(52-38)40-16-10-28-56(40)46(58)42(54-48(60)62-2)36-13-7-4-8-14-36/h3-8,11-14,17-18,20-25,29-30,39-42H,9-10,15-16,27-28H2,1-2H3,(H,49,51)(H,50,52)(H,53,59)(H,54,60)/t39-,40-,41-,42-/m0/s1. The number of methoxy groups -OCH3 is 2. The van der Waals surface area contributed by atoms with Gasteiger partial charge in [0, 0.05) is 18.7 Å². The predicted molar refractivity (Wildman–Crippen MR) is 231 cm³/mol. The zero-order valence-corrected chi connectivity index (χ0v) is 34.3. The zero-order valence-electron chi connectivity index (χ0n) is 34.3. The number of rotatable bonds is 10. The number of imidazole rings is 2. The van der Waals surface area contributed by atoms with E-state index in [1.807, 2.05) is 84.9 Å². The Labute approximate surface area is 359 Å². The van der Waals surface area contributed by atoms with E-state index in [9.17, 15) is 19.2 Å². The molecule has 0 aliphatic carbocycles. The monoisotopic (exact) mass is 830 g/mol. The molecule has 6 aromatic rings. The molecule has 4 heterocycles. The number of aromatic nitrogens is 4. The summed E-state index contributed by atoms with van der Waals surface area (Å²) in [4.78, 5) is 71.7. The Morgan fingerprint density at radius 3 is 1.60 bits per heavy atom. The van der Waals surface area contributed by atoms with E-state index in [1.165, 1.54) is 14.2 Å². The number of likely N-dealkylation sites (tertiary alicyclic amines) is 2. The highest BCUT2D eigenvalue weighted by molar-refractivity contribution is 5.88. The molecular weight excluding hydrogens is 785 g/mol. The summed E-state index contributed by atoms with van der Waals surface area (Å²) in [6, 6.07) is 32.2. The third-order valence-electron chi connectivity index (χ3n) is 11.3. The lowest BCUT2D eigenvalue weighted by Crippen LogP contribution is -2.42. The molecule has 62 heavy (non-hydrogen) atoms. The van der Waals surface area contributed by atoms with Crippen LogP contribution in [0.5, 0.6) is 0 Å². The van der Waals surface area contributed by atoms with E-state index in [1.54, 1.807) is 34.3 Å². The Kier molecular flexibility index (Phi) is 12.4. The summed E-state index contributed by atoms with van der Waals surface area (Å²) in [7, 11) is 2.55. The van der Waals surface area contributed by atoms with Gasteiger partial charge in [-0.3, -0.25) is 9.59 Å². The van der Waals surface area contributed by atoms with Crippen molar-refractivity contribution < 1.29 is 28.7 Å². The topological polar surface area (TPSA) is 175 Å². The van der Waals surface area contributed by atoms with Gasteiger partial charge in [-0.05, 0) is 71.6 Å². The van der Waals surface area contributed by atoms with Crippen LogP contribution in [0.2, 0.25) is 0 Å². The number of hydrogen-bond acceptors (Lipinski definition) is 8. The summed E-state index contributed by atoms with van der Waals surface area (Å²) in [6.45, 7) is 1.09. The maximum absolute atomic E-state index is 13.9. The molecule has 0 unspecified atom stereocenters. The van der Waals surface area contributed by atoms with Crippen LogP contribution in [-0.2, 0) is 19.1 Å². The highest BCUT2D eigenvalue weighted by Crippen LogP contribution is 2.35. The molecule has 0 spiro atoms. The number of alkyl carbamates (subject to hydrolysis) is 2. The van der Waals surface area contributed by atoms with Crippen LogP contribution in [0.3, 0.4) is 0 Å². The SMILES string of the molecule is COC(=O)N[C@H](C(=O)N1CCC[C@H]1c1ncc(C#Cc2ccc(-c3ccc(-c4cnc([C@@H]5CCCN5C(=O)[C@@H](NC(=O)OC)c5ccccc5)[nH]4)cc3)cc2)[nH]1)c1ccccc1. The van der Waals surface area contributed by atoms with Gasteiger partial charge >= 0.3 is 12.2 Å². The second-order valence-electron chi connectivity index (χ2n) is 15.1. The predicted octanol–water partition coefficient (Wildman–Crippen LogP) is 7.39. The van der Waals surface area contributed by atoms with Crippen molar-refractivity contribution in [2.75, 3.05) is 27.3 Å². The Balaban J connectivity index is 0.902. The molecule has 4 amide bonds. The van der Waals surface area contributed by atoms with E-state index in [-0.39, 0.29) is 23.9 Å². The number of carbonyl (C=O) groups excluding carboxylic acids is 4. The van der Waals surface area contributed by atoms with Crippen molar-refractivity contribution in [2.24, 2.45) is 0 Å². The number of ether oxygens (including phenoxy) is 2. The number of hydrogen-bond donors (Lipinski definition) is 4.